The molecule has 2 spiro atoms. The van der Waals surface area contributed by atoms with Gasteiger partial charge in [-0.05, 0) is 32.1 Å². The van der Waals surface area contributed by atoms with Gasteiger partial charge in [0.15, 0.2) is 12.2 Å². The van der Waals surface area contributed by atoms with Crippen LogP contribution in [0.3, 0.4) is 0 Å². The van der Waals surface area contributed by atoms with E-state index in [0.717, 1.165) is 19.3 Å². The highest BCUT2D eigenvalue weighted by atomic mass is 17.2. The zero-order valence-corrected chi connectivity index (χ0v) is 18.6. The molecule has 6 aliphatic rings. The molecule has 4 aliphatic heterocycles. The quantitative estimate of drug-likeness (QED) is 0.426. The van der Waals surface area contributed by atoms with Crippen molar-refractivity contribution in [1.29, 1.82) is 0 Å². The highest BCUT2D eigenvalue weighted by Gasteiger charge is 2.83. The maximum atomic E-state index is 10.6. The van der Waals surface area contributed by atoms with E-state index in [1.807, 2.05) is 13.8 Å². The SMILES string of the molecule is CC1C(=NC2C(O)OC(CO)C(O)C2O)OC2OC3(C)CCC45C(OO3)C1(CC[C@H]4C)C25. The van der Waals surface area contributed by atoms with Crippen molar-refractivity contribution in [3.05, 3.63) is 0 Å². The Hall–Kier alpha value is -0.850. The minimum atomic E-state index is -1.49. The van der Waals surface area contributed by atoms with E-state index in [-0.39, 0.29) is 28.8 Å². The number of ether oxygens (including phenoxy) is 3. The Morgan fingerprint density at radius 2 is 1.84 bits per heavy atom. The zero-order valence-electron chi connectivity index (χ0n) is 18.6. The van der Waals surface area contributed by atoms with Crippen molar-refractivity contribution >= 4 is 5.90 Å². The van der Waals surface area contributed by atoms with Crippen molar-refractivity contribution in [3.8, 4) is 0 Å². The largest absolute Gasteiger partial charge is 0.451 e. The number of hydrogen-bond acceptors (Lipinski definition) is 10. The highest BCUT2D eigenvalue weighted by molar-refractivity contribution is 5.81. The third kappa shape index (κ3) is 2.45. The smallest absolute Gasteiger partial charge is 0.208 e. The van der Waals surface area contributed by atoms with E-state index < -0.39 is 49.3 Å². The summed E-state index contributed by atoms with van der Waals surface area (Å²) < 4.78 is 18.0. The highest BCUT2D eigenvalue weighted by Crippen LogP contribution is 2.79. The molecule has 4 N–H and O–H groups in total. The van der Waals surface area contributed by atoms with Gasteiger partial charge in [-0.1, -0.05) is 13.8 Å². The van der Waals surface area contributed by atoms with Gasteiger partial charge < -0.3 is 34.6 Å². The Bertz CT molecular complexity index is 825. The lowest BCUT2D eigenvalue weighted by atomic mass is 9.31. The lowest BCUT2D eigenvalue weighted by Gasteiger charge is -2.76. The minimum absolute atomic E-state index is 0.0749. The van der Waals surface area contributed by atoms with Gasteiger partial charge in [0.05, 0.1) is 6.61 Å². The van der Waals surface area contributed by atoms with Gasteiger partial charge in [0.2, 0.25) is 12.1 Å². The van der Waals surface area contributed by atoms with Crippen LogP contribution in [-0.4, -0.2) is 81.8 Å². The predicted molar refractivity (Wildman–Crippen MR) is 107 cm³/mol. The number of nitrogens with zero attached hydrogens (tertiary/aromatic N) is 1. The molecule has 0 radical (unpaired) electrons. The van der Waals surface area contributed by atoms with Gasteiger partial charge in [-0.3, -0.25) is 0 Å². The fourth-order valence-electron chi connectivity index (χ4n) is 7.83. The Morgan fingerprint density at radius 3 is 2.59 bits per heavy atom. The van der Waals surface area contributed by atoms with Crippen LogP contribution >= 0.6 is 0 Å². The molecular formula is C22H33NO9. The van der Waals surface area contributed by atoms with Gasteiger partial charge in [0.25, 0.3) is 0 Å². The second kappa shape index (κ2) is 6.85. The molecule has 6 rings (SSSR count). The lowest BCUT2D eigenvalue weighted by Crippen LogP contribution is -2.81. The van der Waals surface area contributed by atoms with Crippen molar-refractivity contribution in [3.63, 3.8) is 0 Å². The summed E-state index contributed by atoms with van der Waals surface area (Å²) in [7, 11) is 0. The molecule has 3 bridgehead atoms. The molecule has 0 aromatic rings. The third-order valence-corrected chi connectivity index (χ3v) is 9.59. The fraction of sp³-hybridized carbons (Fsp3) is 0.955. The van der Waals surface area contributed by atoms with Crippen LogP contribution in [0.5, 0.6) is 0 Å². The van der Waals surface area contributed by atoms with E-state index in [4.69, 9.17) is 24.0 Å². The van der Waals surface area contributed by atoms with Gasteiger partial charge in [0, 0.05) is 29.1 Å². The maximum absolute atomic E-state index is 10.6. The summed E-state index contributed by atoms with van der Waals surface area (Å²) in [5, 5.41) is 40.6. The Labute approximate surface area is 186 Å². The van der Waals surface area contributed by atoms with Crippen LogP contribution in [0.2, 0.25) is 0 Å². The van der Waals surface area contributed by atoms with E-state index in [2.05, 4.69) is 11.9 Å². The topological polar surface area (TPSA) is 139 Å². The van der Waals surface area contributed by atoms with Crippen molar-refractivity contribution < 1.29 is 44.4 Å². The molecule has 6 fully saturated rings. The molecule has 0 amide bonds. The van der Waals surface area contributed by atoms with Crippen LogP contribution in [0.25, 0.3) is 0 Å². The molecule has 12 unspecified atom stereocenters. The second-order valence-electron chi connectivity index (χ2n) is 10.8. The van der Waals surface area contributed by atoms with Crippen molar-refractivity contribution in [2.75, 3.05) is 6.61 Å². The Balaban J connectivity index is 1.39. The number of fused-ring (bicyclic) bond motifs is 2. The summed E-state index contributed by atoms with van der Waals surface area (Å²) >= 11 is 0. The normalized spacial score (nSPS) is 62.0. The minimum Gasteiger partial charge on any atom is -0.451 e. The Morgan fingerprint density at radius 1 is 1.06 bits per heavy atom. The van der Waals surface area contributed by atoms with Gasteiger partial charge in [-0.15, -0.1) is 0 Å². The molecule has 13 atom stereocenters. The van der Waals surface area contributed by atoms with E-state index in [1.165, 1.54) is 0 Å². The molecule has 0 aromatic carbocycles. The van der Waals surface area contributed by atoms with Crippen molar-refractivity contribution in [1.82, 2.24) is 0 Å². The third-order valence-electron chi connectivity index (χ3n) is 9.59. The predicted octanol–water partition coefficient (Wildman–Crippen LogP) is 0.0667. The molecule has 2 saturated carbocycles. The van der Waals surface area contributed by atoms with Gasteiger partial charge in [-0.25, -0.2) is 14.8 Å². The summed E-state index contributed by atoms with van der Waals surface area (Å²) in [6.07, 6.45) is -2.41. The van der Waals surface area contributed by atoms with Crippen LogP contribution in [0.4, 0.5) is 0 Å². The maximum Gasteiger partial charge on any atom is 0.208 e. The van der Waals surface area contributed by atoms with Gasteiger partial charge in [0.1, 0.15) is 30.5 Å². The molecule has 10 nitrogen and oxygen atoms in total. The first kappa shape index (κ1) is 21.7. The molecule has 0 aromatic heterocycles. The van der Waals surface area contributed by atoms with E-state index >= 15 is 0 Å². The average molecular weight is 456 g/mol. The summed E-state index contributed by atoms with van der Waals surface area (Å²) in [5.74, 6) is -0.139. The zero-order chi connectivity index (χ0) is 22.6. The van der Waals surface area contributed by atoms with Crippen LogP contribution < -0.4 is 0 Å². The first-order chi connectivity index (χ1) is 15.2. The summed E-state index contributed by atoms with van der Waals surface area (Å²) in [6.45, 7) is 5.66. The monoisotopic (exact) mass is 455 g/mol. The van der Waals surface area contributed by atoms with Crippen LogP contribution in [0.1, 0.15) is 46.5 Å². The molecule has 2 aliphatic carbocycles. The van der Waals surface area contributed by atoms with Crippen molar-refractivity contribution in [2.45, 2.75) is 95.3 Å². The average Bonchev–Trinajstić information content (AvgIpc) is 2.95. The van der Waals surface area contributed by atoms with E-state index in [9.17, 15) is 20.4 Å². The standard InChI is InChI=1S/C22H33NO9/c1-9-4-5-22-10(2)16(23-12-14(26)13(25)11(8-24)28-17(12)27)29-18-15(22)21(9)7-6-20(3,30-18)32-31-19(21)22/h9-15,17-19,24-27H,4-8H2,1-3H3/t9-,10?,11?,12?,13?,14?,15?,17?,18?,19?,20?,21?,22?/m1/s1. The molecule has 180 valence electrons. The van der Waals surface area contributed by atoms with Crippen molar-refractivity contribution in [2.24, 2.45) is 33.6 Å². The van der Waals surface area contributed by atoms with E-state index in [1.54, 1.807) is 0 Å². The molecule has 10 heteroatoms. The van der Waals surface area contributed by atoms with Crippen LogP contribution in [0, 0.1) is 28.6 Å². The van der Waals surface area contributed by atoms with Gasteiger partial charge >= 0.3 is 0 Å². The summed E-state index contributed by atoms with van der Waals surface area (Å²) in [4.78, 5) is 16.5. The molecule has 32 heavy (non-hydrogen) atoms. The summed E-state index contributed by atoms with van der Waals surface area (Å²) in [6, 6.07) is -1.15. The number of aliphatic hydroxyl groups excluding tert-OH is 4. The van der Waals surface area contributed by atoms with Gasteiger partial charge in [-0.2, -0.15) is 0 Å². The molecule has 4 heterocycles. The van der Waals surface area contributed by atoms with Crippen LogP contribution in [-0.2, 0) is 24.0 Å². The Kier molecular flexibility index (Phi) is 4.64. The number of rotatable bonds is 2. The molecule has 4 saturated heterocycles. The first-order valence-electron chi connectivity index (χ1n) is 11.7. The lowest BCUT2D eigenvalue weighted by molar-refractivity contribution is -0.540. The first-order valence-corrected chi connectivity index (χ1v) is 11.7. The number of aliphatic imine (C=N–C) groups is 1. The van der Waals surface area contributed by atoms with E-state index in [0.29, 0.717) is 18.2 Å². The summed E-state index contributed by atoms with van der Waals surface area (Å²) in [5.41, 5.74) is -0.355. The number of aliphatic hydroxyl groups is 4. The molecular weight excluding hydrogens is 422 g/mol. The second-order valence-corrected chi connectivity index (χ2v) is 10.8. The van der Waals surface area contributed by atoms with Crippen LogP contribution in [0.15, 0.2) is 4.99 Å². The number of hydrogen-bond donors (Lipinski definition) is 4. The fourth-order valence-corrected chi connectivity index (χ4v) is 7.83.